The Kier molecular flexibility index (Phi) is 8.91. The van der Waals surface area contributed by atoms with E-state index in [1.165, 1.54) is 4.90 Å². The molecule has 2 aromatic carbocycles. The molecule has 2 rings (SSSR count). The highest BCUT2D eigenvalue weighted by Gasteiger charge is 2.19. The highest BCUT2D eigenvalue weighted by Crippen LogP contribution is 2.29. The summed E-state index contributed by atoms with van der Waals surface area (Å²) in [6.07, 6.45) is 0.676. The predicted molar refractivity (Wildman–Crippen MR) is 123 cm³/mol. The summed E-state index contributed by atoms with van der Waals surface area (Å²) in [6.45, 7) is 8.07. The number of amides is 2. The molecule has 0 aliphatic rings. The molecule has 6 heteroatoms. The first-order chi connectivity index (χ1) is 14.7. The van der Waals surface area contributed by atoms with E-state index in [2.05, 4.69) is 19.2 Å². The number of benzene rings is 2. The summed E-state index contributed by atoms with van der Waals surface area (Å²) in [5.74, 6) is 1.30. The van der Waals surface area contributed by atoms with Gasteiger partial charge in [0.1, 0.15) is 11.5 Å². The molecule has 0 bridgehead atoms. The molecular formula is C25H34N2O4. The maximum Gasteiger partial charge on any atom is 0.259 e. The third-order valence-corrected chi connectivity index (χ3v) is 5.04. The van der Waals surface area contributed by atoms with Gasteiger partial charge in [-0.3, -0.25) is 9.59 Å². The van der Waals surface area contributed by atoms with Gasteiger partial charge in [-0.25, -0.2) is 0 Å². The first-order valence-electron chi connectivity index (χ1n) is 10.7. The lowest BCUT2D eigenvalue weighted by Gasteiger charge is -2.21. The van der Waals surface area contributed by atoms with E-state index in [4.69, 9.17) is 9.47 Å². The SMILES string of the molecule is CCC(NC(=O)COc1cc(C)ccc1C(C)C)c1ccccc1OCC(=O)N(C)C. The van der Waals surface area contributed by atoms with E-state index < -0.39 is 0 Å². The Morgan fingerprint density at radius 1 is 0.968 bits per heavy atom. The Balaban J connectivity index is 2.06. The molecule has 2 amide bonds. The molecule has 0 aliphatic heterocycles. The second kappa shape index (κ2) is 11.4. The number of nitrogens with one attached hydrogen (secondary N) is 1. The van der Waals surface area contributed by atoms with Crippen LogP contribution in [0.3, 0.4) is 0 Å². The Morgan fingerprint density at radius 3 is 2.29 bits per heavy atom. The average molecular weight is 427 g/mol. The van der Waals surface area contributed by atoms with Crippen LogP contribution in [0, 0.1) is 6.92 Å². The largest absolute Gasteiger partial charge is 0.483 e. The van der Waals surface area contributed by atoms with Crippen molar-refractivity contribution in [3.63, 3.8) is 0 Å². The molecule has 1 N–H and O–H groups in total. The zero-order valence-electron chi connectivity index (χ0n) is 19.4. The van der Waals surface area contributed by atoms with Crippen molar-refractivity contribution in [1.82, 2.24) is 10.2 Å². The van der Waals surface area contributed by atoms with Crippen molar-refractivity contribution in [3.05, 3.63) is 59.2 Å². The lowest BCUT2D eigenvalue weighted by Crippen LogP contribution is -2.33. The first kappa shape index (κ1) is 24.3. The van der Waals surface area contributed by atoms with E-state index in [-0.39, 0.29) is 31.1 Å². The molecule has 0 fully saturated rings. The summed E-state index contributed by atoms with van der Waals surface area (Å²) in [5.41, 5.74) is 3.00. The van der Waals surface area contributed by atoms with Crippen LogP contribution in [0.25, 0.3) is 0 Å². The number of rotatable bonds is 10. The maximum absolute atomic E-state index is 12.7. The number of carbonyl (C=O) groups excluding carboxylic acids is 2. The van der Waals surface area contributed by atoms with Gasteiger partial charge in [-0.05, 0) is 42.5 Å². The van der Waals surface area contributed by atoms with Crippen LogP contribution >= 0.6 is 0 Å². The highest BCUT2D eigenvalue weighted by molar-refractivity contribution is 5.78. The Hall–Kier alpha value is -3.02. The third-order valence-electron chi connectivity index (χ3n) is 5.04. The van der Waals surface area contributed by atoms with Crippen molar-refractivity contribution in [2.75, 3.05) is 27.3 Å². The smallest absolute Gasteiger partial charge is 0.259 e. The van der Waals surface area contributed by atoms with E-state index in [9.17, 15) is 9.59 Å². The van der Waals surface area contributed by atoms with E-state index in [0.29, 0.717) is 18.1 Å². The van der Waals surface area contributed by atoms with Crippen LogP contribution in [-0.2, 0) is 9.59 Å². The second-order valence-corrected chi connectivity index (χ2v) is 8.13. The number of para-hydroxylation sites is 1. The fourth-order valence-corrected chi connectivity index (χ4v) is 3.19. The van der Waals surface area contributed by atoms with Crippen LogP contribution in [0.15, 0.2) is 42.5 Å². The van der Waals surface area contributed by atoms with Crippen molar-refractivity contribution >= 4 is 11.8 Å². The maximum atomic E-state index is 12.7. The van der Waals surface area contributed by atoms with Gasteiger partial charge in [0.25, 0.3) is 11.8 Å². The fraction of sp³-hybridized carbons (Fsp3) is 0.440. The minimum atomic E-state index is -0.246. The molecule has 0 aromatic heterocycles. The zero-order chi connectivity index (χ0) is 23.0. The molecule has 168 valence electrons. The van der Waals surface area contributed by atoms with Gasteiger partial charge in [0.2, 0.25) is 0 Å². The van der Waals surface area contributed by atoms with Crippen molar-refractivity contribution in [2.45, 2.75) is 46.1 Å². The quantitative estimate of drug-likeness (QED) is 0.617. The van der Waals surface area contributed by atoms with Crippen molar-refractivity contribution in [1.29, 1.82) is 0 Å². The minimum absolute atomic E-state index is 0.0527. The number of hydrogen-bond acceptors (Lipinski definition) is 4. The summed E-state index contributed by atoms with van der Waals surface area (Å²) in [6, 6.07) is 13.3. The molecule has 0 spiro atoms. The van der Waals surface area contributed by atoms with Gasteiger partial charge in [-0.2, -0.15) is 0 Å². The second-order valence-electron chi connectivity index (χ2n) is 8.13. The van der Waals surface area contributed by atoms with Crippen LogP contribution in [0.1, 0.15) is 55.8 Å². The Labute approximate surface area is 185 Å². The number of hydrogen-bond donors (Lipinski definition) is 1. The van der Waals surface area contributed by atoms with E-state index in [1.54, 1.807) is 14.1 Å². The van der Waals surface area contributed by atoms with Crippen molar-refractivity contribution in [2.24, 2.45) is 0 Å². The number of nitrogens with zero attached hydrogens (tertiary/aromatic N) is 1. The molecule has 31 heavy (non-hydrogen) atoms. The average Bonchev–Trinajstić information content (AvgIpc) is 2.74. The molecular weight excluding hydrogens is 392 g/mol. The van der Waals surface area contributed by atoms with E-state index in [1.807, 2.05) is 56.3 Å². The molecule has 0 saturated heterocycles. The molecule has 2 aromatic rings. The standard InChI is InChI=1S/C25H34N2O4/c1-7-21(20-10-8-9-11-22(20)31-16-25(29)27(5)6)26-24(28)15-30-23-14-18(4)12-13-19(23)17(2)3/h8-14,17,21H,7,15-16H2,1-6H3,(H,26,28). The molecule has 1 unspecified atom stereocenters. The molecule has 6 nitrogen and oxygen atoms in total. The summed E-state index contributed by atoms with van der Waals surface area (Å²) in [5, 5.41) is 3.03. The normalized spacial score (nSPS) is 11.7. The number of ether oxygens (including phenoxy) is 2. The van der Waals surface area contributed by atoms with Crippen molar-refractivity contribution < 1.29 is 19.1 Å². The van der Waals surface area contributed by atoms with Gasteiger partial charge in [-0.15, -0.1) is 0 Å². The lowest BCUT2D eigenvalue weighted by atomic mass is 10.0. The monoisotopic (exact) mass is 426 g/mol. The molecule has 0 aliphatic carbocycles. The number of aryl methyl sites for hydroxylation is 1. The predicted octanol–water partition coefficient (Wildman–Crippen LogP) is 4.23. The van der Waals surface area contributed by atoms with Crippen LogP contribution in [-0.4, -0.2) is 44.0 Å². The van der Waals surface area contributed by atoms with E-state index in [0.717, 1.165) is 22.4 Å². The molecule has 0 radical (unpaired) electrons. The van der Waals surface area contributed by atoms with Gasteiger partial charge < -0.3 is 19.7 Å². The van der Waals surface area contributed by atoms with Gasteiger partial charge in [0.05, 0.1) is 6.04 Å². The minimum Gasteiger partial charge on any atom is -0.483 e. The third kappa shape index (κ3) is 7.02. The van der Waals surface area contributed by atoms with Gasteiger partial charge in [0.15, 0.2) is 13.2 Å². The summed E-state index contributed by atoms with van der Waals surface area (Å²) in [7, 11) is 3.37. The van der Waals surface area contributed by atoms with Gasteiger partial charge >= 0.3 is 0 Å². The lowest BCUT2D eigenvalue weighted by molar-refractivity contribution is -0.130. The van der Waals surface area contributed by atoms with Crippen LogP contribution in [0.2, 0.25) is 0 Å². The molecule has 1 atom stereocenters. The van der Waals surface area contributed by atoms with Crippen LogP contribution in [0.5, 0.6) is 11.5 Å². The summed E-state index contributed by atoms with van der Waals surface area (Å²) in [4.78, 5) is 26.0. The zero-order valence-corrected chi connectivity index (χ0v) is 19.4. The van der Waals surface area contributed by atoms with Crippen LogP contribution < -0.4 is 14.8 Å². The van der Waals surface area contributed by atoms with Gasteiger partial charge in [-0.1, -0.05) is 51.1 Å². The number of carbonyl (C=O) groups is 2. The fourth-order valence-electron chi connectivity index (χ4n) is 3.19. The summed E-state index contributed by atoms with van der Waals surface area (Å²) < 4.78 is 11.6. The van der Waals surface area contributed by atoms with Crippen molar-refractivity contribution in [3.8, 4) is 11.5 Å². The van der Waals surface area contributed by atoms with Crippen LogP contribution in [0.4, 0.5) is 0 Å². The van der Waals surface area contributed by atoms with Gasteiger partial charge in [0, 0.05) is 19.7 Å². The topological polar surface area (TPSA) is 67.9 Å². The Morgan fingerprint density at radius 2 is 1.65 bits per heavy atom. The molecule has 0 saturated carbocycles. The molecule has 0 heterocycles. The van der Waals surface area contributed by atoms with E-state index >= 15 is 0 Å². The number of likely N-dealkylation sites (N-methyl/N-ethyl adjacent to an activating group) is 1. The first-order valence-corrected chi connectivity index (χ1v) is 10.7. The highest BCUT2D eigenvalue weighted by atomic mass is 16.5. The Bertz CT molecular complexity index is 893. The summed E-state index contributed by atoms with van der Waals surface area (Å²) >= 11 is 0.